The van der Waals surface area contributed by atoms with E-state index in [0.29, 0.717) is 12.0 Å². The third-order valence-corrected chi connectivity index (χ3v) is 7.27. The number of carbonyl (C=O) groups excluding carboxylic acids is 3. The van der Waals surface area contributed by atoms with Gasteiger partial charge in [-0.1, -0.05) is 69.0 Å². The van der Waals surface area contributed by atoms with Crippen molar-refractivity contribution in [2.24, 2.45) is 5.92 Å². The summed E-state index contributed by atoms with van der Waals surface area (Å²) in [5.41, 5.74) is 0.421. The van der Waals surface area contributed by atoms with E-state index < -0.39 is 46.1 Å². The van der Waals surface area contributed by atoms with Gasteiger partial charge in [-0.15, -0.1) is 0 Å². The molecule has 2 amide bonds. The van der Waals surface area contributed by atoms with Gasteiger partial charge in [0.05, 0.1) is 4.91 Å². The molecule has 2 fully saturated rings. The number of nitrogens with one attached hydrogen (secondary N) is 3. The molecule has 0 spiro atoms. The van der Waals surface area contributed by atoms with Crippen LogP contribution in [0.4, 0.5) is 0 Å². The minimum absolute atomic E-state index is 0.140. The molecule has 3 atom stereocenters. The van der Waals surface area contributed by atoms with E-state index in [4.69, 9.17) is 4.74 Å². The van der Waals surface area contributed by atoms with Crippen molar-refractivity contribution in [3.8, 4) is 0 Å². The summed E-state index contributed by atoms with van der Waals surface area (Å²) in [7, 11) is -4.07. The van der Waals surface area contributed by atoms with Crippen LogP contribution in [0.2, 0.25) is 0 Å². The molecule has 3 rings (SSSR count). The Hall–Kier alpha value is -2.72. The van der Waals surface area contributed by atoms with Crippen LogP contribution in [0.25, 0.3) is 4.91 Å². The molecule has 0 bridgehead atoms. The van der Waals surface area contributed by atoms with E-state index >= 15 is 0 Å². The first kappa shape index (κ1) is 23.9. The molecule has 174 valence electrons. The number of β-lactam (4-membered cyclic amide) rings is 1. The van der Waals surface area contributed by atoms with E-state index in [0.717, 1.165) is 32.1 Å². The Morgan fingerprint density at radius 1 is 1.19 bits per heavy atom. The number of hydrogen-bond acceptors (Lipinski definition) is 6. The van der Waals surface area contributed by atoms with Crippen LogP contribution in [0, 0.1) is 5.92 Å². The first-order chi connectivity index (χ1) is 15.2. The summed E-state index contributed by atoms with van der Waals surface area (Å²) in [6.07, 6.45) is 4.33. The van der Waals surface area contributed by atoms with Gasteiger partial charge in [0, 0.05) is 6.92 Å². The Morgan fingerprint density at radius 2 is 1.84 bits per heavy atom. The molecule has 1 saturated carbocycles. The van der Waals surface area contributed by atoms with Gasteiger partial charge in [-0.05, 0) is 17.9 Å². The summed E-state index contributed by atoms with van der Waals surface area (Å²) in [6, 6.07) is 6.26. The molecule has 10 heteroatoms. The highest BCUT2D eigenvalue weighted by Gasteiger charge is 2.44. The van der Waals surface area contributed by atoms with Crippen molar-refractivity contribution in [1.29, 1.82) is 0 Å². The number of amides is 2. The average molecular weight is 464 g/mol. The Kier molecular flexibility index (Phi) is 7.68. The maximum atomic E-state index is 13.0. The molecule has 1 aromatic rings. The molecule has 2 aliphatic rings. The quantitative estimate of drug-likeness (QED) is 0.375. The zero-order valence-corrected chi connectivity index (χ0v) is 18.8. The van der Waals surface area contributed by atoms with Crippen LogP contribution < -0.4 is 15.4 Å². The molecule has 1 saturated heterocycles. The van der Waals surface area contributed by atoms with Crippen molar-refractivity contribution in [2.75, 3.05) is 0 Å². The third-order valence-electron chi connectivity index (χ3n) is 5.79. The number of rotatable bonds is 9. The van der Waals surface area contributed by atoms with Crippen LogP contribution in [-0.4, -0.2) is 44.5 Å². The molecule has 1 aromatic carbocycles. The van der Waals surface area contributed by atoms with Crippen molar-refractivity contribution in [2.45, 2.75) is 63.8 Å². The van der Waals surface area contributed by atoms with Crippen LogP contribution in [0.1, 0.15) is 51.0 Å². The minimum atomic E-state index is -4.07. The molecule has 0 aromatic heterocycles. The maximum Gasteiger partial charge on any atom is 0.304 e. The summed E-state index contributed by atoms with van der Waals surface area (Å²) in [5.74, 6) is -1.56. The summed E-state index contributed by atoms with van der Waals surface area (Å²) < 4.78 is 33.4. The Morgan fingerprint density at radius 3 is 2.44 bits per heavy atom. The largest absolute Gasteiger partial charge is 0.439 e. The SMILES string of the molecule is C=C(c1ccccc1)S(=O)(=O)N[C@@H](CC1CCCCC1)C(=O)N[C@@H]1C(=O)N[C@H]1OC(C)=O. The first-order valence-corrected chi connectivity index (χ1v) is 12.2. The van der Waals surface area contributed by atoms with Gasteiger partial charge >= 0.3 is 5.97 Å². The smallest absolute Gasteiger partial charge is 0.304 e. The van der Waals surface area contributed by atoms with Crippen molar-refractivity contribution in [3.63, 3.8) is 0 Å². The van der Waals surface area contributed by atoms with Gasteiger partial charge in [-0.25, -0.2) is 8.42 Å². The monoisotopic (exact) mass is 463 g/mol. The first-order valence-electron chi connectivity index (χ1n) is 10.7. The zero-order chi connectivity index (χ0) is 23.3. The van der Waals surface area contributed by atoms with Gasteiger partial charge in [0.2, 0.25) is 22.2 Å². The van der Waals surface area contributed by atoms with Crippen molar-refractivity contribution < 1.29 is 27.5 Å². The Balaban J connectivity index is 1.75. The van der Waals surface area contributed by atoms with Gasteiger partial charge < -0.3 is 15.4 Å². The fourth-order valence-electron chi connectivity index (χ4n) is 4.03. The number of sulfonamides is 1. The number of hydrogen-bond donors (Lipinski definition) is 3. The van der Waals surface area contributed by atoms with Crippen molar-refractivity contribution >= 4 is 32.7 Å². The lowest BCUT2D eigenvalue weighted by atomic mass is 9.85. The maximum absolute atomic E-state index is 13.0. The number of carbonyl (C=O) groups is 3. The minimum Gasteiger partial charge on any atom is -0.439 e. The Bertz CT molecular complexity index is 973. The molecule has 32 heavy (non-hydrogen) atoms. The Labute approximate surface area is 188 Å². The third kappa shape index (κ3) is 5.95. The van der Waals surface area contributed by atoms with Crippen LogP contribution in [0.5, 0.6) is 0 Å². The lowest BCUT2D eigenvalue weighted by Crippen LogP contribution is -2.71. The molecular formula is C22H29N3O6S. The van der Waals surface area contributed by atoms with Gasteiger partial charge in [0.25, 0.3) is 5.91 Å². The van der Waals surface area contributed by atoms with Crippen LogP contribution >= 0.6 is 0 Å². The van der Waals surface area contributed by atoms with Crippen molar-refractivity contribution in [3.05, 3.63) is 42.5 Å². The average Bonchev–Trinajstić information content (AvgIpc) is 2.77. The van der Waals surface area contributed by atoms with E-state index in [-0.39, 0.29) is 10.8 Å². The molecule has 1 heterocycles. The van der Waals surface area contributed by atoms with Crippen LogP contribution in [0.15, 0.2) is 36.9 Å². The molecule has 0 radical (unpaired) electrons. The normalized spacial score (nSPS) is 22.2. The van der Waals surface area contributed by atoms with Gasteiger partial charge in [-0.2, -0.15) is 4.72 Å². The van der Waals surface area contributed by atoms with E-state index in [2.05, 4.69) is 21.9 Å². The van der Waals surface area contributed by atoms with Crippen LogP contribution in [-0.2, 0) is 29.1 Å². The van der Waals surface area contributed by atoms with E-state index in [1.807, 2.05) is 0 Å². The number of ether oxygens (including phenoxy) is 1. The molecular weight excluding hydrogens is 434 g/mol. The summed E-state index contributed by atoms with van der Waals surface area (Å²) in [4.78, 5) is 36.0. The fraction of sp³-hybridized carbons (Fsp3) is 0.500. The molecule has 1 aliphatic carbocycles. The highest BCUT2D eigenvalue weighted by Crippen LogP contribution is 2.28. The van der Waals surface area contributed by atoms with Gasteiger partial charge in [-0.3, -0.25) is 14.4 Å². The topological polar surface area (TPSA) is 131 Å². The highest BCUT2D eigenvalue weighted by atomic mass is 32.2. The van der Waals surface area contributed by atoms with Crippen molar-refractivity contribution in [1.82, 2.24) is 15.4 Å². The standard InChI is InChI=1S/C22H29N3O6S/c1-14(17-11-7-4-8-12-17)32(29,30)25-18(13-16-9-5-3-6-10-16)20(27)23-19-21(28)24-22(19)31-15(2)26/h4,7-8,11-12,16,18-19,22,25H,1,3,5-6,9-10,13H2,2H3,(H,23,27)(H,24,28)/t18-,19+,22-/m0/s1. The van der Waals surface area contributed by atoms with E-state index in [9.17, 15) is 22.8 Å². The second-order valence-electron chi connectivity index (χ2n) is 8.23. The molecule has 9 nitrogen and oxygen atoms in total. The summed E-state index contributed by atoms with van der Waals surface area (Å²) in [5, 5.41) is 4.92. The summed E-state index contributed by atoms with van der Waals surface area (Å²) in [6.45, 7) is 4.89. The number of benzene rings is 1. The van der Waals surface area contributed by atoms with Crippen LogP contribution in [0.3, 0.4) is 0 Å². The predicted octanol–water partition coefficient (Wildman–Crippen LogP) is 1.42. The molecule has 1 aliphatic heterocycles. The predicted molar refractivity (Wildman–Crippen MR) is 118 cm³/mol. The molecule has 3 N–H and O–H groups in total. The lowest BCUT2D eigenvalue weighted by Gasteiger charge is -2.36. The lowest BCUT2D eigenvalue weighted by molar-refractivity contribution is -0.164. The van der Waals surface area contributed by atoms with Gasteiger partial charge in [0.15, 0.2) is 6.04 Å². The highest BCUT2D eigenvalue weighted by molar-refractivity contribution is 7.98. The number of esters is 1. The van der Waals surface area contributed by atoms with E-state index in [1.54, 1.807) is 30.3 Å². The second kappa shape index (κ2) is 10.3. The fourth-order valence-corrected chi connectivity index (χ4v) is 5.19. The summed E-state index contributed by atoms with van der Waals surface area (Å²) >= 11 is 0. The van der Waals surface area contributed by atoms with E-state index in [1.165, 1.54) is 6.92 Å². The molecule has 0 unspecified atom stereocenters. The zero-order valence-electron chi connectivity index (χ0n) is 18.0. The van der Waals surface area contributed by atoms with Gasteiger partial charge in [0.1, 0.15) is 6.04 Å². The second-order valence-corrected chi connectivity index (χ2v) is 9.96.